The van der Waals surface area contributed by atoms with E-state index in [-0.39, 0.29) is 0 Å². The fourth-order valence-corrected chi connectivity index (χ4v) is 9.66. The molecule has 49 heavy (non-hydrogen) atoms. The minimum absolute atomic E-state index is 0.915. The molecule has 12 rings (SSSR count). The van der Waals surface area contributed by atoms with E-state index in [1.54, 1.807) is 0 Å². The molecule has 3 heteroatoms. The van der Waals surface area contributed by atoms with Crippen molar-refractivity contribution in [2.75, 3.05) is 0 Å². The molecule has 0 fully saturated rings. The zero-order valence-electron chi connectivity index (χ0n) is 26.2. The molecule has 2 nitrogen and oxygen atoms in total. The first-order chi connectivity index (χ1) is 24.3. The second kappa shape index (κ2) is 9.25. The summed E-state index contributed by atoms with van der Waals surface area (Å²) in [5, 5.41) is 10.1. The van der Waals surface area contributed by atoms with Gasteiger partial charge in [0.05, 0.1) is 11.0 Å². The van der Waals surface area contributed by atoms with Crippen molar-refractivity contribution in [3.63, 3.8) is 0 Å². The summed E-state index contributed by atoms with van der Waals surface area (Å²) in [4.78, 5) is 0. The molecule has 0 saturated carbocycles. The van der Waals surface area contributed by atoms with Gasteiger partial charge in [0.1, 0.15) is 11.2 Å². The van der Waals surface area contributed by atoms with E-state index in [1.807, 2.05) is 17.4 Å². The Hall–Kier alpha value is -6.16. The number of nitrogens with zero attached hydrogens (tertiary/aromatic N) is 1. The monoisotopic (exact) mass is 639 g/mol. The van der Waals surface area contributed by atoms with Crippen molar-refractivity contribution in [3.05, 3.63) is 152 Å². The van der Waals surface area contributed by atoms with Gasteiger partial charge in [0.25, 0.3) is 0 Å². The van der Waals surface area contributed by atoms with Gasteiger partial charge in [-0.2, -0.15) is 0 Å². The van der Waals surface area contributed by atoms with E-state index < -0.39 is 0 Å². The van der Waals surface area contributed by atoms with Crippen LogP contribution in [-0.2, 0) is 0 Å². The van der Waals surface area contributed by atoms with E-state index in [1.165, 1.54) is 80.6 Å². The van der Waals surface area contributed by atoms with Gasteiger partial charge in [0.15, 0.2) is 0 Å². The second-order valence-corrected chi connectivity index (χ2v) is 14.3. The van der Waals surface area contributed by atoms with Gasteiger partial charge >= 0.3 is 0 Å². The number of fused-ring (bicyclic) bond motifs is 12. The standard InChI is InChI=1S/C46H25NOS/c1-2-9-30-29(8-1)34-13-7-12-33-28(18-19-35(30)46(33)34)26-16-20-44-38(22-26)39-23-27(17-21-45(39)49-44)47-40-14-5-3-10-31(40)36-24-37-32-11-4-6-15-42(32)48-43(37)25-41(36)47/h1-25H. The van der Waals surface area contributed by atoms with E-state index in [0.717, 1.165) is 33.1 Å². The minimum Gasteiger partial charge on any atom is -0.456 e. The van der Waals surface area contributed by atoms with Crippen molar-refractivity contribution in [2.24, 2.45) is 0 Å². The fraction of sp³-hybridized carbons (Fsp3) is 0. The Balaban J connectivity index is 1.08. The third kappa shape index (κ3) is 3.40. The normalized spacial score (nSPS) is 12.5. The quantitative estimate of drug-likeness (QED) is 0.184. The van der Waals surface area contributed by atoms with Crippen LogP contribution < -0.4 is 0 Å². The predicted octanol–water partition coefficient (Wildman–Crippen LogP) is 13.5. The molecule has 0 radical (unpaired) electrons. The van der Waals surface area contributed by atoms with Gasteiger partial charge in [-0.05, 0) is 92.7 Å². The second-order valence-electron chi connectivity index (χ2n) is 13.2. The maximum absolute atomic E-state index is 6.37. The van der Waals surface area contributed by atoms with Crippen LogP contribution in [0.1, 0.15) is 0 Å². The van der Waals surface area contributed by atoms with E-state index >= 15 is 0 Å². The van der Waals surface area contributed by atoms with Crippen LogP contribution in [-0.4, -0.2) is 4.57 Å². The lowest BCUT2D eigenvalue weighted by Crippen LogP contribution is -1.93. The van der Waals surface area contributed by atoms with E-state index in [2.05, 4.69) is 150 Å². The Morgan fingerprint density at radius 3 is 1.98 bits per heavy atom. The molecule has 0 amide bonds. The molecular weight excluding hydrogens is 615 g/mol. The number of para-hydroxylation sites is 2. The van der Waals surface area contributed by atoms with Crippen molar-refractivity contribution < 1.29 is 4.42 Å². The minimum atomic E-state index is 0.915. The molecule has 0 atom stereocenters. The Kier molecular flexibility index (Phi) is 4.89. The number of thiophene rings is 1. The molecule has 3 aromatic heterocycles. The average Bonchev–Trinajstić information content (AvgIpc) is 3.89. The van der Waals surface area contributed by atoms with E-state index in [9.17, 15) is 0 Å². The number of aromatic nitrogens is 1. The lowest BCUT2D eigenvalue weighted by atomic mass is 9.93. The topological polar surface area (TPSA) is 18.1 Å². The highest BCUT2D eigenvalue weighted by Gasteiger charge is 2.23. The predicted molar refractivity (Wildman–Crippen MR) is 208 cm³/mol. The summed E-state index contributed by atoms with van der Waals surface area (Å²) in [6, 6.07) is 55.8. The lowest BCUT2D eigenvalue weighted by Gasteiger charge is -2.10. The van der Waals surface area contributed by atoms with Crippen LogP contribution in [0.15, 0.2) is 156 Å². The van der Waals surface area contributed by atoms with E-state index in [0.29, 0.717) is 0 Å². The summed E-state index contributed by atoms with van der Waals surface area (Å²) in [7, 11) is 0. The molecule has 226 valence electrons. The molecule has 3 heterocycles. The van der Waals surface area contributed by atoms with Crippen LogP contribution in [0, 0.1) is 0 Å². The number of hydrogen-bond acceptors (Lipinski definition) is 2. The zero-order chi connectivity index (χ0) is 31.8. The molecule has 0 N–H and O–H groups in total. The van der Waals surface area contributed by atoms with Crippen LogP contribution in [0.2, 0.25) is 0 Å². The molecule has 0 spiro atoms. The highest BCUT2D eigenvalue weighted by atomic mass is 32.1. The first kappa shape index (κ1) is 25.9. The summed E-state index contributed by atoms with van der Waals surface area (Å²) in [6.07, 6.45) is 0. The number of hydrogen-bond donors (Lipinski definition) is 0. The van der Waals surface area contributed by atoms with Gasteiger partial charge in [-0.15, -0.1) is 11.3 Å². The van der Waals surface area contributed by atoms with Crippen LogP contribution in [0.3, 0.4) is 0 Å². The molecular formula is C46H25NOS. The third-order valence-electron chi connectivity index (χ3n) is 10.7. The molecule has 1 aliphatic rings. The Morgan fingerprint density at radius 2 is 1.08 bits per heavy atom. The third-order valence-corrected chi connectivity index (χ3v) is 11.9. The Morgan fingerprint density at radius 1 is 0.388 bits per heavy atom. The summed E-state index contributed by atoms with van der Waals surface area (Å²) in [5.41, 5.74) is 13.2. The van der Waals surface area contributed by atoms with Gasteiger partial charge < -0.3 is 8.98 Å². The first-order valence-corrected chi connectivity index (χ1v) is 17.6. The van der Waals surface area contributed by atoms with Crippen molar-refractivity contribution in [1.29, 1.82) is 0 Å². The van der Waals surface area contributed by atoms with Crippen LogP contribution in [0.25, 0.3) is 114 Å². The summed E-state index contributed by atoms with van der Waals surface area (Å²) < 4.78 is 11.4. The van der Waals surface area contributed by atoms with Crippen LogP contribution in [0.5, 0.6) is 0 Å². The number of rotatable bonds is 2. The highest BCUT2D eigenvalue weighted by molar-refractivity contribution is 7.25. The van der Waals surface area contributed by atoms with Crippen LogP contribution >= 0.6 is 11.3 Å². The maximum Gasteiger partial charge on any atom is 0.137 e. The highest BCUT2D eigenvalue weighted by Crippen LogP contribution is 2.50. The molecule has 11 aromatic rings. The lowest BCUT2D eigenvalue weighted by molar-refractivity contribution is 0.669. The molecule has 0 aliphatic heterocycles. The molecule has 1 aliphatic carbocycles. The van der Waals surface area contributed by atoms with Crippen molar-refractivity contribution in [1.82, 2.24) is 4.57 Å². The molecule has 8 aromatic carbocycles. The van der Waals surface area contributed by atoms with Crippen molar-refractivity contribution >= 4 is 86.0 Å². The molecule has 0 saturated heterocycles. The van der Waals surface area contributed by atoms with E-state index in [4.69, 9.17) is 4.42 Å². The smallest absolute Gasteiger partial charge is 0.137 e. The summed E-state index contributed by atoms with van der Waals surface area (Å²) in [6.45, 7) is 0. The summed E-state index contributed by atoms with van der Waals surface area (Å²) >= 11 is 1.87. The fourth-order valence-electron chi connectivity index (χ4n) is 8.60. The zero-order valence-corrected chi connectivity index (χ0v) is 27.0. The maximum atomic E-state index is 6.37. The van der Waals surface area contributed by atoms with Gasteiger partial charge in [-0.25, -0.2) is 0 Å². The first-order valence-electron chi connectivity index (χ1n) is 16.8. The molecule has 0 unspecified atom stereocenters. The van der Waals surface area contributed by atoms with Gasteiger partial charge in [-0.1, -0.05) is 97.1 Å². The Bertz CT molecular complexity index is 3200. The SMILES string of the molecule is c1ccc2c(c1)-c1cccc3c(-c4ccc5sc6ccc(-n7c8ccccc8c8cc9c(cc87)oc7ccccc79)cc6c5c4)ccc-2c13. The Labute approximate surface area is 284 Å². The number of furan rings is 1. The van der Waals surface area contributed by atoms with Crippen LogP contribution in [0.4, 0.5) is 0 Å². The van der Waals surface area contributed by atoms with Gasteiger partial charge in [0, 0.05) is 53.5 Å². The summed E-state index contributed by atoms with van der Waals surface area (Å²) in [5.74, 6) is 0. The molecule has 0 bridgehead atoms. The average molecular weight is 640 g/mol. The van der Waals surface area contributed by atoms with Gasteiger partial charge in [0.2, 0.25) is 0 Å². The van der Waals surface area contributed by atoms with Crippen molar-refractivity contribution in [2.45, 2.75) is 0 Å². The largest absolute Gasteiger partial charge is 0.456 e. The van der Waals surface area contributed by atoms with Crippen molar-refractivity contribution in [3.8, 4) is 39.1 Å². The van der Waals surface area contributed by atoms with Gasteiger partial charge in [-0.3, -0.25) is 0 Å². The number of benzene rings is 8.